The van der Waals surface area contributed by atoms with Gasteiger partial charge in [-0.2, -0.15) is 0 Å². The molecule has 2 heterocycles. The second-order valence-corrected chi connectivity index (χ2v) is 4.80. The van der Waals surface area contributed by atoms with Gasteiger partial charge in [-0.25, -0.2) is 0 Å². The fourth-order valence-electron chi connectivity index (χ4n) is 2.04. The first-order valence-corrected chi connectivity index (χ1v) is 7.19. The monoisotopic (exact) mass is 245 g/mol. The van der Waals surface area contributed by atoms with Crippen LogP contribution in [0.25, 0.3) is 15.7 Å². The second-order valence-electron chi connectivity index (χ2n) is 3.86. The molecule has 0 atom stereocenters. The van der Waals surface area contributed by atoms with Crippen molar-refractivity contribution >= 4 is 27.0 Å². The third-order valence-corrected chi connectivity index (χ3v) is 3.77. The molecule has 1 N–H and O–H groups in total. The van der Waals surface area contributed by atoms with Crippen LogP contribution in [0.2, 0.25) is 0 Å². The summed E-state index contributed by atoms with van der Waals surface area (Å²) in [7, 11) is 0. The Labute approximate surface area is 107 Å². The lowest BCUT2D eigenvalue weighted by Crippen LogP contribution is -2.19. The summed E-state index contributed by atoms with van der Waals surface area (Å²) < 4.78 is 1.40. The highest BCUT2D eigenvalue weighted by Gasteiger charge is 2.06. The van der Waals surface area contributed by atoms with Crippen LogP contribution in [-0.4, -0.2) is 13.1 Å². The number of hydrogen-bond donors (Lipinski definition) is 1. The van der Waals surface area contributed by atoms with Crippen LogP contribution in [0.1, 0.15) is 25.8 Å². The van der Waals surface area contributed by atoms with Crippen LogP contribution in [0.3, 0.4) is 0 Å². The second kappa shape index (κ2) is 5.99. The quantitative estimate of drug-likeness (QED) is 0.789. The Bertz CT molecular complexity index is 510. The van der Waals surface area contributed by atoms with E-state index in [1.54, 1.807) is 0 Å². The third-order valence-electron chi connectivity index (χ3n) is 2.89. The zero-order chi connectivity index (χ0) is 12.1. The van der Waals surface area contributed by atoms with E-state index in [1.807, 2.05) is 25.2 Å². The zero-order valence-electron chi connectivity index (χ0n) is 10.5. The Morgan fingerprint density at radius 3 is 2.82 bits per heavy atom. The van der Waals surface area contributed by atoms with Crippen LogP contribution in [-0.2, 0) is 0 Å². The number of hydrogen-bond acceptors (Lipinski definition) is 2. The molecule has 1 aromatic heterocycles. The van der Waals surface area contributed by atoms with Crippen LogP contribution in [0, 0.1) is 0 Å². The summed E-state index contributed by atoms with van der Waals surface area (Å²) in [5.41, 5.74) is 2.88. The van der Waals surface area contributed by atoms with E-state index in [9.17, 15) is 0 Å². The van der Waals surface area contributed by atoms with Crippen LogP contribution in [0.15, 0.2) is 35.7 Å². The van der Waals surface area contributed by atoms with E-state index in [4.69, 9.17) is 0 Å². The van der Waals surface area contributed by atoms with Crippen molar-refractivity contribution in [3.63, 3.8) is 0 Å². The standard InChI is InChI=1S/C13H13NS.C2H6/c1-2-12(10-3-6-14-7-4-10)9-13-11(1)5-8-15-13;1-2/h1-3,5,8-9,14H,4,6-7H2;1-2H3. The molecule has 1 nitrogen and oxygen atoms in total. The minimum Gasteiger partial charge on any atom is -0.313 e. The molecule has 0 aliphatic carbocycles. The predicted molar refractivity (Wildman–Crippen MR) is 78.6 cm³/mol. The molecule has 90 valence electrons. The fraction of sp³-hybridized carbons (Fsp3) is 0.333. The van der Waals surface area contributed by atoms with E-state index in [2.05, 4.69) is 41.0 Å². The van der Waals surface area contributed by atoms with E-state index in [0.29, 0.717) is 0 Å². The van der Waals surface area contributed by atoms with Crippen molar-refractivity contribution in [3.8, 4) is 0 Å². The molecule has 0 spiro atoms. The molecule has 1 aliphatic heterocycles. The van der Waals surface area contributed by atoms with Crippen molar-refractivity contribution in [3.05, 3.63) is 41.3 Å². The van der Waals surface area contributed by atoms with Gasteiger partial charge < -0.3 is 5.32 Å². The van der Waals surface area contributed by atoms with Crippen molar-refractivity contribution in [1.82, 2.24) is 5.32 Å². The average Bonchev–Trinajstić information content (AvgIpc) is 2.89. The molecule has 0 saturated carbocycles. The summed E-state index contributed by atoms with van der Waals surface area (Å²) in [6.07, 6.45) is 3.45. The summed E-state index contributed by atoms with van der Waals surface area (Å²) in [5, 5.41) is 6.86. The number of benzene rings is 1. The molecule has 0 radical (unpaired) electrons. The minimum absolute atomic E-state index is 1.01. The molecule has 3 rings (SSSR count). The molecule has 0 amide bonds. The molecular weight excluding hydrogens is 226 g/mol. The van der Waals surface area contributed by atoms with Gasteiger partial charge in [0.15, 0.2) is 0 Å². The molecule has 2 heteroatoms. The summed E-state index contributed by atoms with van der Waals surface area (Å²) >= 11 is 1.82. The first kappa shape index (κ1) is 12.3. The van der Waals surface area contributed by atoms with E-state index in [0.717, 1.165) is 19.5 Å². The number of rotatable bonds is 1. The predicted octanol–water partition coefficient (Wildman–Crippen LogP) is 4.30. The number of nitrogens with one attached hydrogen (secondary N) is 1. The molecule has 0 bridgehead atoms. The van der Waals surface area contributed by atoms with Gasteiger partial charge in [0.05, 0.1) is 0 Å². The number of fused-ring (bicyclic) bond motifs is 1. The summed E-state index contributed by atoms with van der Waals surface area (Å²) in [5.74, 6) is 0. The summed E-state index contributed by atoms with van der Waals surface area (Å²) in [6, 6.07) is 8.97. The first-order valence-electron chi connectivity index (χ1n) is 6.31. The van der Waals surface area contributed by atoms with Gasteiger partial charge in [-0.05, 0) is 47.0 Å². The van der Waals surface area contributed by atoms with Crippen molar-refractivity contribution < 1.29 is 0 Å². The van der Waals surface area contributed by atoms with Crippen LogP contribution < -0.4 is 5.32 Å². The minimum atomic E-state index is 1.01. The molecule has 0 unspecified atom stereocenters. The molecule has 17 heavy (non-hydrogen) atoms. The lowest BCUT2D eigenvalue weighted by molar-refractivity contribution is 0.739. The molecule has 0 saturated heterocycles. The summed E-state index contributed by atoms with van der Waals surface area (Å²) in [6.45, 7) is 6.12. The first-order chi connectivity index (χ1) is 8.43. The Balaban J connectivity index is 0.000000514. The fourth-order valence-corrected chi connectivity index (χ4v) is 2.87. The van der Waals surface area contributed by atoms with Crippen molar-refractivity contribution in [2.24, 2.45) is 0 Å². The van der Waals surface area contributed by atoms with Gasteiger partial charge in [0.25, 0.3) is 0 Å². The van der Waals surface area contributed by atoms with Crippen molar-refractivity contribution in [2.45, 2.75) is 20.3 Å². The lowest BCUT2D eigenvalue weighted by atomic mass is 10.00. The Morgan fingerprint density at radius 1 is 1.18 bits per heavy atom. The molecule has 1 aliphatic rings. The van der Waals surface area contributed by atoms with Gasteiger partial charge >= 0.3 is 0 Å². The maximum absolute atomic E-state index is 3.34. The normalized spacial score (nSPS) is 15.1. The van der Waals surface area contributed by atoms with Gasteiger partial charge in [0, 0.05) is 11.2 Å². The van der Waals surface area contributed by atoms with Crippen LogP contribution in [0.5, 0.6) is 0 Å². The molecular formula is C15H19NS. The molecule has 0 fully saturated rings. The number of thiophene rings is 1. The third kappa shape index (κ3) is 2.76. The zero-order valence-corrected chi connectivity index (χ0v) is 11.3. The Morgan fingerprint density at radius 2 is 2.06 bits per heavy atom. The maximum Gasteiger partial charge on any atom is 0.0348 e. The average molecular weight is 245 g/mol. The van der Waals surface area contributed by atoms with E-state index < -0.39 is 0 Å². The Kier molecular flexibility index (Phi) is 4.35. The van der Waals surface area contributed by atoms with Crippen LogP contribution >= 0.6 is 11.3 Å². The SMILES string of the molecule is C1=C(c2ccc3ccsc3c2)CCNC1.CC. The Hall–Kier alpha value is -1.12. The summed E-state index contributed by atoms with van der Waals surface area (Å²) in [4.78, 5) is 0. The maximum atomic E-state index is 3.34. The highest BCUT2D eigenvalue weighted by molar-refractivity contribution is 7.17. The van der Waals surface area contributed by atoms with Gasteiger partial charge in [-0.1, -0.05) is 32.1 Å². The van der Waals surface area contributed by atoms with Gasteiger partial charge in [-0.3, -0.25) is 0 Å². The van der Waals surface area contributed by atoms with Crippen LogP contribution in [0.4, 0.5) is 0 Å². The lowest BCUT2D eigenvalue weighted by Gasteiger charge is -2.14. The van der Waals surface area contributed by atoms with Gasteiger partial charge in [-0.15, -0.1) is 11.3 Å². The van der Waals surface area contributed by atoms with E-state index >= 15 is 0 Å². The van der Waals surface area contributed by atoms with Crippen molar-refractivity contribution in [1.29, 1.82) is 0 Å². The molecule has 2 aromatic rings. The topological polar surface area (TPSA) is 12.0 Å². The van der Waals surface area contributed by atoms with E-state index in [1.165, 1.54) is 21.2 Å². The van der Waals surface area contributed by atoms with E-state index in [-0.39, 0.29) is 0 Å². The highest BCUT2D eigenvalue weighted by Crippen LogP contribution is 2.27. The van der Waals surface area contributed by atoms with Gasteiger partial charge in [0.1, 0.15) is 0 Å². The highest BCUT2D eigenvalue weighted by atomic mass is 32.1. The van der Waals surface area contributed by atoms with Gasteiger partial charge in [0.2, 0.25) is 0 Å². The smallest absolute Gasteiger partial charge is 0.0348 e. The van der Waals surface area contributed by atoms with Crippen molar-refractivity contribution in [2.75, 3.05) is 13.1 Å². The largest absolute Gasteiger partial charge is 0.313 e. The molecule has 1 aromatic carbocycles.